The van der Waals surface area contributed by atoms with E-state index in [1.807, 2.05) is 20.8 Å². The van der Waals surface area contributed by atoms with Crippen LogP contribution in [0.3, 0.4) is 0 Å². The number of nitrogens with one attached hydrogen (secondary N) is 2. The van der Waals surface area contributed by atoms with Gasteiger partial charge in [-0.25, -0.2) is 13.2 Å². The molecule has 2 rings (SSSR count). The molecule has 1 aliphatic heterocycles. The van der Waals surface area contributed by atoms with Gasteiger partial charge in [0, 0.05) is 24.3 Å². The first-order valence-electron chi connectivity index (χ1n) is 8.29. The van der Waals surface area contributed by atoms with E-state index in [2.05, 4.69) is 10.6 Å². The topological polar surface area (TPSA) is 78.5 Å². The van der Waals surface area contributed by atoms with Crippen LogP contribution in [0, 0.1) is 6.92 Å². The molecule has 1 aromatic rings. The van der Waals surface area contributed by atoms with Gasteiger partial charge in [-0.15, -0.1) is 0 Å². The molecule has 1 saturated heterocycles. The highest BCUT2D eigenvalue weighted by Crippen LogP contribution is 2.26. The van der Waals surface area contributed by atoms with Crippen molar-refractivity contribution in [3.05, 3.63) is 23.8 Å². The standard InChI is InChI=1S/C17H27N3O3S/c1-13-8-9-14(18-16(21)19-17(2,3)4)12-15(13)24(22,23)20-10-6-5-7-11-20/h8-9,12H,5-7,10-11H2,1-4H3,(H2,18,19,21). The monoisotopic (exact) mass is 353 g/mol. The summed E-state index contributed by atoms with van der Waals surface area (Å²) in [5.41, 5.74) is 0.789. The fourth-order valence-electron chi connectivity index (χ4n) is 2.70. The van der Waals surface area contributed by atoms with Crippen LogP contribution in [-0.4, -0.2) is 37.4 Å². The van der Waals surface area contributed by atoms with Gasteiger partial charge in [-0.1, -0.05) is 12.5 Å². The van der Waals surface area contributed by atoms with E-state index in [0.29, 0.717) is 24.3 Å². The van der Waals surface area contributed by atoms with Gasteiger partial charge in [0.25, 0.3) is 0 Å². The number of benzene rings is 1. The number of carbonyl (C=O) groups excluding carboxylic acids is 1. The lowest BCUT2D eigenvalue weighted by molar-refractivity contribution is 0.244. The number of sulfonamides is 1. The molecule has 0 aliphatic carbocycles. The van der Waals surface area contributed by atoms with Crippen molar-refractivity contribution >= 4 is 21.7 Å². The fourth-order valence-corrected chi connectivity index (χ4v) is 4.47. The van der Waals surface area contributed by atoms with E-state index in [4.69, 9.17) is 0 Å². The van der Waals surface area contributed by atoms with Gasteiger partial charge < -0.3 is 10.6 Å². The third-order valence-electron chi connectivity index (χ3n) is 3.87. The van der Waals surface area contributed by atoms with E-state index < -0.39 is 10.0 Å². The maximum atomic E-state index is 12.9. The first kappa shape index (κ1) is 18.7. The van der Waals surface area contributed by atoms with Crippen molar-refractivity contribution in [3.63, 3.8) is 0 Å². The highest BCUT2D eigenvalue weighted by Gasteiger charge is 2.27. The van der Waals surface area contributed by atoms with Crippen LogP contribution >= 0.6 is 0 Å². The smallest absolute Gasteiger partial charge is 0.319 e. The Morgan fingerprint density at radius 3 is 2.33 bits per heavy atom. The Labute approximate surface area is 144 Å². The third kappa shape index (κ3) is 4.70. The average molecular weight is 353 g/mol. The molecule has 1 aliphatic rings. The molecule has 1 heterocycles. The molecule has 0 saturated carbocycles. The lowest BCUT2D eigenvalue weighted by atomic mass is 10.1. The zero-order valence-corrected chi connectivity index (χ0v) is 15.7. The van der Waals surface area contributed by atoms with Gasteiger partial charge in [-0.2, -0.15) is 4.31 Å². The third-order valence-corrected chi connectivity index (χ3v) is 5.91. The molecule has 24 heavy (non-hydrogen) atoms. The van der Waals surface area contributed by atoms with Crippen LogP contribution in [0.1, 0.15) is 45.6 Å². The molecule has 0 bridgehead atoms. The molecule has 0 radical (unpaired) electrons. The van der Waals surface area contributed by atoms with Crippen LogP contribution in [0.15, 0.2) is 23.1 Å². The van der Waals surface area contributed by atoms with Gasteiger partial charge in [0.1, 0.15) is 0 Å². The van der Waals surface area contributed by atoms with Crippen molar-refractivity contribution in [2.75, 3.05) is 18.4 Å². The van der Waals surface area contributed by atoms with Crippen LogP contribution in [0.5, 0.6) is 0 Å². The second-order valence-electron chi connectivity index (χ2n) is 7.27. The summed E-state index contributed by atoms with van der Waals surface area (Å²) in [6, 6.07) is 4.63. The minimum Gasteiger partial charge on any atom is -0.333 e. The number of anilines is 1. The Morgan fingerprint density at radius 1 is 1.12 bits per heavy atom. The quantitative estimate of drug-likeness (QED) is 0.876. The van der Waals surface area contributed by atoms with Crippen LogP contribution in [0.25, 0.3) is 0 Å². The number of amides is 2. The molecule has 2 N–H and O–H groups in total. The van der Waals surface area contributed by atoms with Crippen LogP contribution in [0.4, 0.5) is 10.5 Å². The normalized spacial score (nSPS) is 16.7. The second kappa shape index (κ2) is 7.11. The predicted octanol–water partition coefficient (Wildman–Crippen LogP) is 3.09. The summed E-state index contributed by atoms with van der Waals surface area (Å²) in [6.07, 6.45) is 2.86. The maximum Gasteiger partial charge on any atom is 0.319 e. The van der Waals surface area contributed by atoms with E-state index in [1.54, 1.807) is 25.1 Å². The van der Waals surface area contributed by atoms with E-state index in [1.165, 1.54) is 4.31 Å². The minimum absolute atomic E-state index is 0.262. The molecule has 1 fully saturated rings. The van der Waals surface area contributed by atoms with Crippen molar-refractivity contribution in [2.24, 2.45) is 0 Å². The van der Waals surface area contributed by atoms with Crippen LogP contribution < -0.4 is 10.6 Å². The SMILES string of the molecule is Cc1ccc(NC(=O)NC(C)(C)C)cc1S(=O)(=O)N1CCCCC1. The molecule has 7 heteroatoms. The highest BCUT2D eigenvalue weighted by molar-refractivity contribution is 7.89. The molecule has 134 valence electrons. The minimum atomic E-state index is -3.52. The second-order valence-corrected chi connectivity index (χ2v) is 9.18. The molecule has 2 amide bonds. The number of urea groups is 1. The summed E-state index contributed by atoms with van der Waals surface area (Å²) in [6.45, 7) is 8.54. The zero-order chi connectivity index (χ0) is 18.0. The number of hydrogen-bond acceptors (Lipinski definition) is 3. The predicted molar refractivity (Wildman–Crippen MR) is 95.7 cm³/mol. The molecular formula is C17H27N3O3S. The van der Waals surface area contributed by atoms with Gasteiger partial charge in [-0.05, 0) is 58.2 Å². The summed E-state index contributed by atoms with van der Waals surface area (Å²) in [7, 11) is -3.52. The van der Waals surface area contributed by atoms with Gasteiger partial charge >= 0.3 is 6.03 Å². The Morgan fingerprint density at radius 2 is 1.75 bits per heavy atom. The fraction of sp³-hybridized carbons (Fsp3) is 0.588. The first-order chi connectivity index (χ1) is 11.1. The average Bonchev–Trinajstić information content (AvgIpc) is 2.48. The summed E-state index contributed by atoms with van der Waals surface area (Å²) >= 11 is 0. The number of hydrogen-bond donors (Lipinski definition) is 2. The zero-order valence-electron chi connectivity index (χ0n) is 14.8. The molecule has 0 aromatic heterocycles. The van der Waals surface area contributed by atoms with E-state index in [-0.39, 0.29) is 16.5 Å². The lowest BCUT2D eigenvalue weighted by Crippen LogP contribution is -2.43. The number of rotatable bonds is 3. The number of nitrogens with zero attached hydrogens (tertiary/aromatic N) is 1. The summed E-state index contributed by atoms with van der Waals surface area (Å²) < 4.78 is 27.3. The Hall–Kier alpha value is -1.60. The molecular weight excluding hydrogens is 326 g/mol. The van der Waals surface area contributed by atoms with E-state index >= 15 is 0 Å². The summed E-state index contributed by atoms with van der Waals surface area (Å²) in [4.78, 5) is 12.3. The van der Waals surface area contributed by atoms with Crippen LogP contribution in [0.2, 0.25) is 0 Å². The summed E-state index contributed by atoms with van der Waals surface area (Å²) in [5, 5.41) is 5.50. The largest absolute Gasteiger partial charge is 0.333 e. The number of carbonyl (C=O) groups is 1. The van der Waals surface area contributed by atoms with Crippen LogP contribution in [-0.2, 0) is 10.0 Å². The van der Waals surface area contributed by atoms with E-state index in [0.717, 1.165) is 19.3 Å². The molecule has 6 nitrogen and oxygen atoms in total. The highest BCUT2D eigenvalue weighted by atomic mass is 32.2. The molecule has 0 spiro atoms. The van der Waals surface area contributed by atoms with E-state index in [9.17, 15) is 13.2 Å². The molecule has 1 aromatic carbocycles. The van der Waals surface area contributed by atoms with Crippen molar-refractivity contribution in [1.82, 2.24) is 9.62 Å². The maximum absolute atomic E-state index is 12.9. The summed E-state index contributed by atoms with van der Waals surface area (Å²) in [5.74, 6) is 0. The number of aryl methyl sites for hydroxylation is 1. The number of piperidine rings is 1. The van der Waals surface area contributed by atoms with Crippen molar-refractivity contribution in [2.45, 2.75) is 57.4 Å². The Balaban J connectivity index is 2.23. The molecule has 0 atom stereocenters. The molecule has 0 unspecified atom stereocenters. The van der Waals surface area contributed by atoms with Gasteiger partial charge in [-0.3, -0.25) is 0 Å². The van der Waals surface area contributed by atoms with Crippen molar-refractivity contribution < 1.29 is 13.2 Å². The van der Waals surface area contributed by atoms with Gasteiger partial charge in [0.15, 0.2) is 0 Å². The Kier molecular flexibility index (Phi) is 5.55. The Bertz CT molecular complexity index is 702. The van der Waals surface area contributed by atoms with Gasteiger partial charge in [0.05, 0.1) is 4.90 Å². The van der Waals surface area contributed by atoms with Crippen molar-refractivity contribution in [1.29, 1.82) is 0 Å². The van der Waals surface area contributed by atoms with Crippen molar-refractivity contribution in [3.8, 4) is 0 Å². The lowest BCUT2D eigenvalue weighted by Gasteiger charge is -2.27. The van der Waals surface area contributed by atoms with Gasteiger partial charge in [0.2, 0.25) is 10.0 Å². The first-order valence-corrected chi connectivity index (χ1v) is 9.73.